The maximum absolute atomic E-state index is 12.9. The molecule has 4 rings (SSSR count). The minimum atomic E-state index is -0.750. The average Bonchev–Trinajstić information content (AvgIpc) is 2.87. The van der Waals surface area contributed by atoms with Gasteiger partial charge in [0.25, 0.3) is 5.91 Å². The van der Waals surface area contributed by atoms with Crippen LogP contribution in [0, 0.1) is 0 Å². The summed E-state index contributed by atoms with van der Waals surface area (Å²) in [4.78, 5) is 38.1. The molecular weight excluding hydrogens is 418 g/mol. The molecule has 0 fully saturated rings. The maximum Gasteiger partial charge on any atom is 0.339 e. The lowest BCUT2D eigenvalue weighted by Gasteiger charge is -2.11. The van der Waals surface area contributed by atoms with E-state index in [1.165, 1.54) is 6.07 Å². The van der Waals surface area contributed by atoms with Gasteiger partial charge in [-0.3, -0.25) is 9.59 Å². The smallest absolute Gasteiger partial charge is 0.339 e. The van der Waals surface area contributed by atoms with Gasteiger partial charge in [0.2, 0.25) is 0 Å². The van der Waals surface area contributed by atoms with Gasteiger partial charge < -0.3 is 14.8 Å². The highest BCUT2D eigenvalue weighted by molar-refractivity contribution is 6.14. The summed E-state index contributed by atoms with van der Waals surface area (Å²) in [5, 5.41) is 4.64. The molecule has 0 radical (unpaired) electrons. The van der Waals surface area contributed by atoms with Crippen LogP contribution in [0.4, 0.5) is 5.69 Å². The van der Waals surface area contributed by atoms with Gasteiger partial charge >= 0.3 is 5.97 Å². The van der Waals surface area contributed by atoms with Crippen molar-refractivity contribution >= 4 is 34.1 Å². The fourth-order valence-electron chi connectivity index (χ4n) is 3.49. The molecule has 4 aromatic rings. The van der Waals surface area contributed by atoms with Gasteiger partial charge in [-0.05, 0) is 41.8 Å². The van der Waals surface area contributed by atoms with E-state index in [0.717, 1.165) is 10.8 Å². The number of amides is 1. The third kappa shape index (κ3) is 4.91. The van der Waals surface area contributed by atoms with Crippen molar-refractivity contribution in [3.8, 4) is 5.75 Å². The number of nitrogens with one attached hydrogen (secondary N) is 1. The van der Waals surface area contributed by atoms with Gasteiger partial charge in [-0.1, -0.05) is 54.6 Å². The number of benzene rings is 4. The SMILES string of the molecule is COc1ccc(C(=O)c2ccccc2C(=O)OCC(=O)Nc2cccc3ccccc23)cc1. The Labute approximate surface area is 190 Å². The maximum atomic E-state index is 12.9. The lowest BCUT2D eigenvalue weighted by molar-refractivity contribution is -0.119. The predicted octanol–water partition coefficient (Wildman–Crippen LogP) is 4.87. The Morgan fingerprint density at radius 3 is 2.18 bits per heavy atom. The van der Waals surface area contributed by atoms with Crippen molar-refractivity contribution in [1.29, 1.82) is 0 Å². The highest BCUT2D eigenvalue weighted by Gasteiger charge is 2.20. The largest absolute Gasteiger partial charge is 0.497 e. The van der Waals surface area contributed by atoms with Crippen molar-refractivity contribution in [2.45, 2.75) is 0 Å². The second-order valence-corrected chi connectivity index (χ2v) is 7.25. The normalized spacial score (nSPS) is 10.5. The van der Waals surface area contributed by atoms with E-state index in [4.69, 9.17) is 9.47 Å². The van der Waals surface area contributed by atoms with Crippen molar-refractivity contribution in [1.82, 2.24) is 0 Å². The molecule has 4 aromatic carbocycles. The Hall–Kier alpha value is -4.45. The molecule has 6 heteroatoms. The molecule has 0 saturated heterocycles. The van der Waals surface area contributed by atoms with E-state index in [0.29, 0.717) is 17.0 Å². The van der Waals surface area contributed by atoms with Gasteiger partial charge in [0.1, 0.15) is 5.75 Å². The van der Waals surface area contributed by atoms with E-state index in [1.54, 1.807) is 55.6 Å². The first-order chi connectivity index (χ1) is 16.1. The number of ketones is 1. The van der Waals surface area contributed by atoms with E-state index in [-0.39, 0.29) is 16.9 Å². The summed E-state index contributed by atoms with van der Waals surface area (Å²) in [7, 11) is 1.54. The first-order valence-electron chi connectivity index (χ1n) is 10.3. The average molecular weight is 439 g/mol. The van der Waals surface area contributed by atoms with Crippen LogP contribution in [0.1, 0.15) is 26.3 Å². The van der Waals surface area contributed by atoms with Gasteiger partial charge in [0.15, 0.2) is 12.4 Å². The number of carbonyl (C=O) groups is 3. The number of hydrogen-bond donors (Lipinski definition) is 1. The van der Waals surface area contributed by atoms with Crippen LogP contribution in [0.5, 0.6) is 5.75 Å². The molecule has 0 atom stereocenters. The fourth-order valence-corrected chi connectivity index (χ4v) is 3.49. The van der Waals surface area contributed by atoms with E-state index in [2.05, 4.69) is 5.32 Å². The van der Waals surface area contributed by atoms with E-state index in [9.17, 15) is 14.4 Å². The number of rotatable bonds is 7. The Morgan fingerprint density at radius 2 is 1.42 bits per heavy atom. The van der Waals surface area contributed by atoms with E-state index in [1.807, 2.05) is 36.4 Å². The minimum Gasteiger partial charge on any atom is -0.497 e. The van der Waals surface area contributed by atoms with Crippen molar-refractivity contribution in [2.24, 2.45) is 0 Å². The minimum absolute atomic E-state index is 0.0938. The molecule has 0 aromatic heterocycles. The third-order valence-electron chi connectivity index (χ3n) is 5.14. The summed E-state index contributed by atoms with van der Waals surface area (Å²) in [6.07, 6.45) is 0. The summed E-state index contributed by atoms with van der Waals surface area (Å²) < 4.78 is 10.3. The molecule has 1 amide bonds. The van der Waals surface area contributed by atoms with Crippen molar-refractivity contribution < 1.29 is 23.9 Å². The number of esters is 1. The summed E-state index contributed by atoms with van der Waals surface area (Å²) >= 11 is 0. The highest BCUT2D eigenvalue weighted by atomic mass is 16.5. The fraction of sp³-hybridized carbons (Fsp3) is 0.0741. The second kappa shape index (κ2) is 9.78. The summed E-state index contributed by atoms with van der Waals surface area (Å²) in [6, 6.07) is 26.2. The van der Waals surface area contributed by atoms with Crippen LogP contribution < -0.4 is 10.1 Å². The van der Waals surface area contributed by atoms with Crippen molar-refractivity contribution in [3.63, 3.8) is 0 Å². The number of methoxy groups -OCH3 is 1. The second-order valence-electron chi connectivity index (χ2n) is 7.25. The molecule has 0 aliphatic carbocycles. The van der Waals surface area contributed by atoms with Crippen LogP contribution >= 0.6 is 0 Å². The van der Waals surface area contributed by atoms with Crippen LogP contribution in [0.15, 0.2) is 91.0 Å². The highest BCUT2D eigenvalue weighted by Crippen LogP contribution is 2.23. The molecule has 0 aliphatic rings. The van der Waals surface area contributed by atoms with Crippen LogP contribution in [0.3, 0.4) is 0 Å². The summed E-state index contributed by atoms with van der Waals surface area (Å²) in [5.74, 6) is -0.930. The van der Waals surface area contributed by atoms with Crippen molar-refractivity contribution in [2.75, 3.05) is 19.0 Å². The molecule has 0 spiro atoms. The third-order valence-corrected chi connectivity index (χ3v) is 5.14. The molecule has 0 saturated carbocycles. The standard InChI is InChI=1S/C27H21NO5/c1-32-20-15-13-19(14-16-20)26(30)22-10-4-5-11-23(22)27(31)33-17-25(29)28-24-12-6-8-18-7-2-3-9-21(18)24/h2-16H,17H2,1H3,(H,28,29). The van der Waals surface area contributed by atoms with Gasteiger partial charge in [-0.2, -0.15) is 0 Å². The molecule has 0 bridgehead atoms. The van der Waals surface area contributed by atoms with E-state index < -0.39 is 18.5 Å². The van der Waals surface area contributed by atoms with Gasteiger partial charge in [0, 0.05) is 22.2 Å². The topological polar surface area (TPSA) is 81.7 Å². The predicted molar refractivity (Wildman–Crippen MR) is 126 cm³/mol. The number of anilines is 1. The zero-order chi connectivity index (χ0) is 23.2. The molecule has 0 unspecified atom stereocenters. The van der Waals surface area contributed by atoms with E-state index >= 15 is 0 Å². The first-order valence-corrected chi connectivity index (χ1v) is 10.3. The van der Waals surface area contributed by atoms with Crippen molar-refractivity contribution in [3.05, 3.63) is 108 Å². The van der Waals surface area contributed by atoms with Gasteiger partial charge in [-0.25, -0.2) is 4.79 Å². The van der Waals surface area contributed by atoms with Crippen LogP contribution in [-0.4, -0.2) is 31.4 Å². The monoisotopic (exact) mass is 439 g/mol. The Bertz CT molecular complexity index is 1320. The number of fused-ring (bicyclic) bond motifs is 1. The Balaban J connectivity index is 1.45. The first kappa shape index (κ1) is 21.8. The van der Waals surface area contributed by atoms with Crippen LogP contribution in [-0.2, 0) is 9.53 Å². The zero-order valence-electron chi connectivity index (χ0n) is 17.9. The quantitative estimate of drug-likeness (QED) is 0.328. The molecule has 164 valence electrons. The Morgan fingerprint density at radius 1 is 0.758 bits per heavy atom. The lowest BCUT2D eigenvalue weighted by Crippen LogP contribution is -2.22. The number of hydrogen-bond acceptors (Lipinski definition) is 5. The summed E-state index contributed by atoms with van der Waals surface area (Å²) in [5.41, 5.74) is 1.33. The number of ether oxygens (including phenoxy) is 2. The molecule has 33 heavy (non-hydrogen) atoms. The number of carbonyl (C=O) groups excluding carboxylic acids is 3. The molecule has 0 aliphatic heterocycles. The molecule has 1 N–H and O–H groups in total. The molecule has 0 heterocycles. The van der Waals surface area contributed by atoms with Crippen LogP contribution in [0.2, 0.25) is 0 Å². The Kier molecular flexibility index (Phi) is 6.45. The van der Waals surface area contributed by atoms with Gasteiger partial charge in [0.05, 0.1) is 12.7 Å². The molecule has 6 nitrogen and oxygen atoms in total. The van der Waals surface area contributed by atoms with Crippen LogP contribution in [0.25, 0.3) is 10.8 Å². The molecular formula is C27H21NO5. The van der Waals surface area contributed by atoms with Gasteiger partial charge in [-0.15, -0.1) is 0 Å². The zero-order valence-corrected chi connectivity index (χ0v) is 17.9. The lowest BCUT2D eigenvalue weighted by atomic mass is 9.98. The summed E-state index contributed by atoms with van der Waals surface area (Å²) in [6.45, 7) is -0.479.